The number of rotatable bonds is 7. The van der Waals surface area contributed by atoms with E-state index in [0.29, 0.717) is 25.2 Å². The zero-order chi connectivity index (χ0) is 17.3. The zero-order valence-electron chi connectivity index (χ0n) is 14.0. The van der Waals surface area contributed by atoms with E-state index in [-0.39, 0.29) is 11.7 Å². The molecule has 0 aliphatic heterocycles. The van der Waals surface area contributed by atoms with Crippen LogP contribution in [0.5, 0.6) is 0 Å². The molecule has 2 N–H and O–H groups in total. The molecule has 0 aromatic rings. The first-order chi connectivity index (χ1) is 10.7. The maximum Gasteiger partial charge on any atom is 0.251 e. The van der Waals surface area contributed by atoms with Gasteiger partial charge in [-0.2, -0.15) is 0 Å². The third-order valence-electron chi connectivity index (χ3n) is 3.33. The monoisotopic (exact) mass is 338 g/mol. The van der Waals surface area contributed by atoms with E-state index < -0.39 is 14.6 Å². The summed E-state index contributed by atoms with van der Waals surface area (Å²) in [4.78, 5) is 12.0. The zero-order valence-corrected chi connectivity index (χ0v) is 14.8. The summed E-state index contributed by atoms with van der Waals surface area (Å²) in [5, 5.41) is 5.84. The molecule has 0 aromatic carbocycles. The third kappa shape index (κ3) is 6.97. The average molecular weight is 338 g/mol. The van der Waals surface area contributed by atoms with Gasteiger partial charge >= 0.3 is 0 Å². The van der Waals surface area contributed by atoms with Crippen LogP contribution in [0, 0.1) is 0 Å². The minimum Gasteiger partial charge on any atom is -0.351 e. The minimum absolute atomic E-state index is 0.0927. The van der Waals surface area contributed by atoms with Gasteiger partial charge in [0.05, 0.1) is 10.5 Å². The fourth-order valence-electron chi connectivity index (χ4n) is 1.72. The van der Waals surface area contributed by atoms with Crippen molar-refractivity contribution in [2.75, 3.05) is 25.4 Å². The van der Waals surface area contributed by atoms with Crippen LogP contribution in [0.4, 0.5) is 0 Å². The average Bonchev–Trinajstić information content (AvgIpc) is 2.40. The second-order valence-electron chi connectivity index (χ2n) is 6.19. The molecule has 0 saturated heterocycles. The molecule has 0 fully saturated rings. The SMILES string of the molecule is CC(C)(C)S(=O)(=O)CCNCCNC(=O)C1=C/C=C\C=C/C=C1. The standard InChI is InChI=1S/C17H26N2O3S/c1-17(2,3)23(21,22)14-13-18-11-12-19-16(20)15-9-7-5-4-6-8-10-15/h4-10,18H,11-14H2,1-3H3,(H,19,20)/b5-4-,6-4?,7-5?,8-6-,9-7?,10-8?,15-9?,15-10?. The van der Waals surface area contributed by atoms with Gasteiger partial charge in [-0.05, 0) is 32.9 Å². The van der Waals surface area contributed by atoms with Crippen LogP contribution < -0.4 is 10.6 Å². The molecule has 0 spiro atoms. The molecule has 0 bridgehead atoms. The molecule has 5 nitrogen and oxygen atoms in total. The normalized spacial score (nSPS) is 17.8. The topological polar surface area (TPSA) is 75.3 Å². The van der Waals surface area contributed by atoms with Gasteiger partial charge in [0.2, 0.25) is 0 Å². The molecule has 0 saturated carbocycles. The van der Waals surface area contributed by atoms with E-state index in [1.54, 1.807) is 32.9 Å². The van der Waals surface area contributed by atoms with Crippen molar-refractivity contribution in [2.24, 2.45) is 0 Å². The lowest BCUT2D eigenvalue weighted by Gasteiger charge is -2.19. The number of hydrogen-bond donors (Lipinski definition) is 2. The summed E-state index contributed by atoms with van der Waals surface area (Å²) in [6.45, 7) is 6.44. The molecule has 0 atom stereocenters. The second kappa shape index (κ2) is 8.84. The molecular weight excluding hydrogens is 312 g/mol. The highest BCUT2D eigenvalue weighted by Gasteiger charge is 2.27. The van der Waals surface area contributed by atoms with Gasteiger partial charge in [0, 0.05) is 25.2 Å². The van der Waals surface area contributed by atoms with Gasteiger partial charge in [-0.15, -0.1) is 0 Å². The van der Waals surface area contributed by atoms with Crippen LogP contribution in [0.25, 0.3) is 0 Å². The Morgan fingerprint density at radius 3 is 2.35 bits per heavy atom. The highest BCUT2D eigenvalue weighted by Crippen LogP contribution is 2.15. The Hall–Kier alpha value is -1.66. The van der Waals surface area contributed by atoms with Gasteiger partial charge in [0.15, 0.2) is 9.84 Å². The van der Waals surface area contributed by atoms with Crippen LogP contribution in [-0.2, 0) is 14.6 Å². The first-order valence-electron chi connectivity index (χ1n) is 7.67. The molecule has 1 rings (SSSR count). The quantitative estimate of drug-likeness (QED) is 0.690. The maximum absolute atomic E-state index is 12.0. The van der Waals surface area contributed by atoms with E-state index in [1.807, 2.05) is 30.4 Å². The number of sulfone groups is 1. The lowest BCUT2D eigenvalue weighted by molar-refractivity contribution is -0.117. The van der Waals surface area contributed by atoms with Crippen molar-refractivity contribution in [1.29, 1.82) is 0 Å². The van der Waals surface area contributed by atoms with Crippen molar-refractivity contribution in [3.05, 3.63) is 48.1 Å². The first-order valence-corrected chi connectivity index (χ1v) is 9.32. The lowest BCUT2D eigenvalue weighted by atomic mass is 10.1. The Morgan fingerprint density at radius 1 is 1.00 bits per heavy atom. The number of carbonyl (C=O) groups is 1. The van der Waals surface area contributed by atoms with Crippen LogP contribution in [0.2, 0.25) is 0 Å². The Balaban J connectivity index is 2.27. The number of amides is 1. The smallest absolute Gasteiger partial charge is 0.251 e. The van der Waals surface area contributed by atoms with Gasteiger partial charge in [-0.3, -0.25) is 4.79 Å². The molecule has 0 aromatic heterocycles. The highest BCUT2D eigenvalue weighted by atomic mass is 32.2. The van der Waals surface area contributed by atoms with Gasteiger partial charge in [0.25, 0.3) is 5.91 Å². The molecule has 1 aliphatic carbocycles. The number of hydrogen-bond acceptors (Lipinski definition) is 4. The van der Waals surface area contributed by atoms with E-state index in [1.165, 1.54) is 0 Å². The van der Waals surface area contributed by atoms with Crippen molar-refractivity contribution < 1.29 is 13.2 Å². The van der Waals surface area contributed by atoms with Crippen LogP contribution in [0.3, 0.4) is 0 Å². The van der Waals surface area contributed by atoms with Crippen molar-refractivity contribution in [2.45, 2.75) is 25.5 Å². The largest absolute Gasteiger partial charge is 0.351 e. The van der Waals surface area contributed by atoms with Gasteiger partial charge in [-0.1, -0.05) is 30.4 Å². The summed E-state index contributed by atoms with van der Waals surface area (Å²) in [5.74, 6) is -0.0551. The summed E-state index contributed by atoms with van der Waals surface area (Å²) in [6.07, 6.45) is 12.7. The molecule has 1 amide bonds. The van der Waals surface area contributed by atoms with E-state index in [9.17, 15) is 13.2 Å². The van der Waals surface area contributed by atoms with E-state index in [2.05, 4.69) is 10.6 Å². The van der Waals surface area contributed by atoms with Gasteiger partial charge in [-0.25, -0.2) is 8.42 Å². The Labute approximate surface area is 139 Å². The predicted octanol–water partition coefficient (Wildman–Crippen LogP) is 1.51. The summed E-state index contributed by atoms with van der Waals surface area (Å²) >= 11 is 0. The molecule has 6 heteroatoms. The fraction of sp³-hybridized carbons (Fsp3) is 0.471. The lowest BCUT2D eigenvalue weighted by Crippen LogP contribution is -2.37. The summed E-state index contributed by atoms with van der Waals surface area (Å²) < 4.78 is 23.1. The Morgan fingerprint density at radius 2 is 1.65 bits per heavy atom. The molecular formula is C17H26N2O3S. The van der Waals surface area contributed by atoms with Gasteiger partial charge < -0.3 is 10.6 Å². The molecule has 23 heavy (non-hydrogen) atoms. The summed E-state index contributed by atoms with van der Waals surface area (Å²) in [5.41, 5.74) is 0.584. The highest BCUT2D eigenvalue weighted by molar-refractivity contribution is 7.92. The van der Waals surface area contributed by atoms with E-state index in [0.717, 1.165) is 0 Å². The predicted molar refractivity (Wildman–Crippen MR) is 94.9 cm³/mol. The first kappa shape index (κ1) is 19.4. The second-order valence-corrected chi connectivity index (χ2v) is 9.05. The Kier molecular flexibility index (Phi) is 7.45. The minimum atomic E-state index is -3.11. The molecule has 0 unspecified atom stereocenters. The van der Waals surface area contributed by atoms with Gasteiger partial charge in [0.1, 0.15) is 0 Å². The molecule has 0 heterocycles. The van der Waals surface area contributed by atoms with Crippen LogP contribution >= 0.6 is 0 Å². The van der Waals surface area contributed by atoms with Crippen LogP contribution in [0.15, 0.2) is 48.1 Å². The maximum atomic E-state index is 12.0. The van der Waals surface area contributed by atoms with Crippen LogP contribution in [-0.4, -0.2) is 44.5 Å². The van der Waals surface area contributed by atoms with Crippen molar-refractivity contribution >= 4 is 15.7 Å². The number of allylic oxidation sites excluding steroid dienone is 6. The molecule has 0 radical (unpaired) electrons. The molecule has 128 valence electrons. The number of carbonyl (C=O) groups excluding carboxylic acids is 1. The van der Waals surface area contributed by atoms with E-state index >= 15 is 0 Å². The summed E-state index contributed by atoms with van der Waals surface area (Å²) in [7, 11) is -3.11. The van der Waals surface area contributed by atoms with Crippen LogP contribution in [0.1, 0.15) is 20.8 Å². The van der Waals surface area contributed by atoms with E-state index in [4.69, 9.17) is 0 Å². The third-order valence-corrected chi connectivity index (χ3v) is 5.93. The van der Waals surface area contributed by atoms with Crippen molar-refractivity contribution in [1.82, 2.24) is 10.6 Å². The van der Waals surface area contributed by atoms with Crippen molar-refractivity contribution in [3.63, 3.8) is 0 Å². The Bertz CT molecular complexity index is 621. The molecule has 1 aliphatic rings. The number of nitrogens with one attached hydrogen (secondary N) is 2. The van der Waals surface area contributed by atoms with Crippen molar-refractivity contribution in [3.8, 4) is 0 Å². The summed E-state index contributed by atoms with van der Waals surface area (Å²) in [6, 6.07) is 0. The fourth-order valence-corrected chi connectivity index (χ4v) is 2.75.